The van der Waals surface area contributed by atoms with Crippen molar-refractivity contribution in [2.45, 2.75) is 37.1 Å². The third kappa shape index (κ3) is 5.95. The third-order valence-electron chi connectivity index (χ3n) is 5.38. The second-order valence-electron chi connectivity index (χ2n) is 7.79. The molecule has 3 aromatic rings. The molecule has 0 aromatic heterocycles. The number of benzene rings is 3. The van der Waals surface area contributed by atoms with E-state index in [1.165, 1.54) is 6.07 Å². The number of sulfonamides is 1. The van der Waals surface area contributed by atoms with Crippen LogP contribution in [0.4, 0.5) is 5.69 Å². The topological polar surface area (TPSA) is 144 Å². The Bertz CT molecular complexity index is 1270. The highest BCUT2D eigenvalue weighted by molar-refractivity contribution is 7.89. The van der Waals surface area contributed by atoms with Gasteiger partial charge in [-0.2, -0.15) is 4.72 Å². The van der Waals surface area contributed by atoms with Gasteiger partial charge < -0.3 is 16.8 Å². The molecule has 0 fully saturated rings. The predicted octanol–water partition coefficient (Wildman–Crippen LogP) is 2.20. The predicted molar refractivity (Wildman–Crippen MR) is 129 cm³/mol. The van der Waals surface area contributed by atoms with Gasteiger partial charge in [-0.05, 0) is 55.0 Å². The molecule has 0 radical (unpaired) electrons. The number of nitrogens with two attached hydrogens (primary N) is 2. The number of carbonyl (C=O) groups is 2. The smallest absolute Gasteiger partial charge is 0.242 e. The molecule has 0 bridgehead atoms. The maximum Gasteiger partial charge on any atom is 0.242 e. The number of fused-ring (bicyclic) bond motifs is 1. The average molecular weight is 469 g/mol. The largest absolute Gasteiger partial charge is 0.370 e. The lowest BCUT2D eigenvalue weighted by Gasteiger charge is -2.20. The van der Waals surface area contributed by atoms with E-state index in [4.69, 9.17) is 11.5 Å². The summed E-state index contributed by atoms with van der Waals surface area (Å²) in [6, 6.07) is 16.4. The standard InChI is InChI=1S/C24H28N4O4S/c1-16-10-12-22(19-8-4-3-7-18(16)19)33(31,32)28-21(14-15-25)24(30)27-20-9-5-2-6-17(20)11-13-23(26)29/h2-10,12,21,28H,11,13-15,25H2,1H3,(H2,26,29)(H,27,30)/t21-/m0/s1. The monoisotopic (exact) mass is 468 g/mol. The zero-order valence-corrected chi connectivity index (χ0v) is 19.2. The Kier molecular flexibility index (Phi) is 7.80. The highest BCUT2D eigenvalue weighted by Crippen LogP contribution is 2.26. The van der Waals surface area contributed by atoms with Crippen LogP contribution in [0, 0.1) is 6.92 Å². The SMILES string of the molecule is Cc1ccc(S(=O)(=O)N[C@@H](CCN)C(=O)Nc2ccccc2CCC(N)=O)c2ccccc12. The van der Waals surface area contributed by atoms with Crippen molar-refractivity contribution in [1.82, 2.24) is 4.72 Å². The summed E-state index contributed by atoms with van der Waals surface area (Å²) >= 11 is 0. The maximum atomic E-state index is 13.3. The number of para-hydroxylation sites is 1. The van der Waals surface area contributed by atoms with Crippen molar-refractivity contribution in [1.29, 1.82) is 0 Å². The number of anilines is 1. The Hall–Kier alpha value is -3.27. The first-order valence-corrected chi connectivity index (χ1v) is 12.1. The lowest BCUT2D eigenvalue weighted by molar-refractivity contribution is -0.118. The number of carbonyl (C=O) groups excluding carboxylic acids is 2. The molecule has 8 nitrogen and oxygen atoms in total. The van der Waals surface area contributed by atoms with E-state index in [1.54, 1.807) is 42.5 Å². The van der Waals surface area contributed by atoms with Crippen LogP contribution in [0.25, 0.3) is 10.8 Å². The molecule has 3 rings (SSSR count). The summed E-state index contributed by atoms with van der Waals surface area (Å²) in [4.78, 5) is 24.3. The summed E-state index contributed by atoms with van der Waals surface area (Å²) in [5, 5.41) is 4.17. The number of amides is 2. The summed E-state index contributed by atoms with van der Waals surface area (Å²) in [7, 11) is -4.02. The fourth-order valence-electron chi connectivity index (χ4n) is 3.66. The molecule has 9 heteroatoms. The summed E-state index contributed by atoms with van der Waals surface area (Å²) in [5.41, 5.74) is 13.1. The van der Waals surface area contributed by atoms with Gasteiger partial charge in [-0.15, -0.1) is 0 Å². The summed E-state index contributed by atoms with van der Waals surface area (Å²) < 4.78 is 29.0. The van der Waals surface area contributed by atoms with Gasteiger partial charge in [-0.3, -0.25) is 9.59 Å². The van der Waals surface area contributed by atoms with Crippen molar-refractivity contribution in [3.8, 4) is 0 Å². The number of aryl methyl sites for hydroxylation is 2. The minimum absolute atomic E-state index is 0.0976. The number of hydrogen-bond acceptors (Lipinski definition) is 5. The van der Waals surface area contributed by atoms with Gasteiger partial charge in [0.2, 0.25) is 21.8 Å². The number of primary amides is 1. The summed E-state index contributed by atoms with van der Waals surface area (Å²) in [5.74, 6) is -0.984. The van der Waals surface area contributed by atoms with Crippen LogP contribution in [0.15, 0.2) is 65.6 Å². The highest BCUT2D eigenvalue weighted by atomic mass is 32.2. The molecular formula is C24H28N4O4S. The molecule has 0 aliphatic rings. The minimum Gasteiger partial charge on any atom is -0.370 e. The van der Waals surface area contributed by atoms with Crippen molar-refractivity contribution in [3.05, 3.63) is 71.8 Å². The molecule has 0 aliphatic heterocycles. The zero-order chi connectivity index (χ0) is 24.0. The van der Waals surface area contributed by atoms with Crippen LogP contribution in [-0.4, -0.2) is 32.8 Å². The van der Waals surface area contributed by atoms with E-state index >= 15 is 0 Å². The van der Waals surface area contributed by atoms with Crippen molar-refractivity contribution in [3.63, 3.8) is 0 Å². The number of rotatable bonds is 10. The highest BCUT2D eigenvalue weighted by Gasteiger charge is 2.27. The normalized spacial score (nSPS) is 12.4. The van der Waals surface area contributed by atoms with E-state index in [1.807, 2.05) is 19.1 Å². The minimum atomic E-state index is -4.02. The van der Waals surface area contributed by atoms with Gasteiger partial charge >= 0.3 is 0 Å². The van der Waals surface area contributed by atoms with E-state index < -0.39 is 27.9 Å². The van der Waals surface area contributed by atoms with Crippen LogP contribution in [0.5, 0.6) is 0 Å². The van der Waals surface area contributed by atoms with Crippen LogP contribution in [0.3, 0.4) is 0 Å². The van der Waals surface area contributed by atoms with E-state index in [0.29, 0.717) is 17.5 Å². The Morgan fingerprint density at radius 2 is 1.64 bits per heavy atom. The molecule has 0 saturated heterocycles. The van der Waals surface area contributed by atoms with Gasteiger partial charge in [0.1, 0.15) is 6.04 Å². The lowest BCUT2D eigenvalue weighted by atomic mass is 10.1. The molecule has 0 aliphatic carbocycles. The van der Waals surface area contributed by atoms with Crippen molar-refractivity contribution >= 4 is 38.3 Å². The van der Waals surface area contributed by atoms with Gasteiger partial charge in [-0.25, -0.2) is 8.42 Å². The molecule has 33 heavy (non-hydrogen) atoms. The Morgan fingerprint density at radius 3 is 2.33 bits per heavy atom. The van der Waals surface area contributed by atoms with Crippen molar-refractivity contribution < 1.29 is 18.0 Å². The first-order chi connectivity index (χ1) is 15.7. The first-order valence-electron chi connectivity index (χ1n) is 10.6. The van der Waals surface area contributed by atoms with Crippen LogP contribution in [-0.2, 0) is 26.0 Å². The second-order valence-corrected chi connectivity index (χ2v) is 9.47. The van der Waals surface area contributed by atoms with Crippen molar-refractivity contribution in [2.24, 2.45) is 11.5 Å². The Labute approximate surface area is 193 Å². The van der Waals surface area contributed by atoms with Crippen molar-refractivity contribution in [2.75, 3.05) is 11.9 Å². The maximum absolute atomic E-state index is 13.3. The molecule has 0 heterocycles. The first kappa shape index (κ1) is 24.4. The average Bonchev–Trinajstić information content (AvgIpc) is 2.78. The molecule has 6 N–H and O–H groups in total. The fourth-order valence-corrected chi connectivity index (χ4v) is 5.10. The molecule has 2 amide bonds. The summed E-state index contributed by atoms with van der Waals surface area (Å²) in [6.07, 6.45) is 0.596. The fraction of sp³-hybridized carbons (Fsp3) is 0.250. The van der Waals surface area contributed by atoms with Crippen LogP contribution < -0.4 is 21.5 Å². The van der Waals surface area contributed by atoms with Crippen LogP contribution >= 0.6 is 0 Å². The molecule has 0 unspecified atom stereocenters. The van der Waals surface area contributed by atoms with E-state index in [2.05, 4.69) is 10.0 Å². The molecule has 0 spiro atoms. The van der Waals surface area contributed by atoms with Gasteiger partial charge in [0.25, 0.3) is 0 Å². The Morgan fingerprint density at radius 1 is 0.970 bits per heavy atom. The van der Waals surface area contributed by atoms with Crippen LogP contribution in [0.1, 0.15) is 24.0 Å². The summed E-state index contributed by atoms with van der Waals surface area (Å²) in [6.45, 7) is 2.02. The lowest BCUT2D eigenvalue weighted by Crippen LogP contribution is -2.45. The zero-order valence-electron chi connectivity index (χ0n) is 18.4. The van der Waals surface area contributed by atoms with Gasteiger partial charge in [-0.1, -0.05) is 48.5 Å². The second kappa shape index (κ2) is 10.6. The number of nitrogens with one attached hydrogen (secondary N) is 2. The van der Waals surface area contributed by atoms with Gasteiger partial charge in [0, 0.05) is 17.5 Å². The molecule has 3 aromatic carbocycles. The quantitative estimate of drug-likeness (QED) is 0.360. The third-order valence-corrected chi connectivity index (χ3v) is 6.91. The van der Waals surface area contributed by atoms with Gasteiger partial charge in [0.15, 0.2) is 0 Å². The molecule has 174 valence electrons. The number of hydrogen-bond donors (Lipinski definition) is 4. The van der Waals surface area contributed by atoms with Gasteiger partial charge in [0.05, 0.1) is 4.90 Å². The molecular weight excluding hydrogens is 440 g/mol. The Balaban J connectivity index is 1.86. The van der Waals surface area contributed by atoms with E-state index in [0.717, 1.165) is 16.5 Å². The molecule has 1 atom stereocenters. The molecule has 0 saturated carbocycles. The van der Waals surface area contributed by atoms with Crippen LogP contribution in [0.2, 0.25) is 0 Å². The van der Waals surface area contributed by atoms with E-state index in [9.17, 15) is 18.0 Å². The van der Waals surface area contributed by atoms with E-state index in [-0.39, 0.29) is 24.3 Å².